The van der Waals surface area contributed by atoms with Gasteiger partial charge in [0.2, 0.25) is 5.91 Å². The smallest absolute Gasteiger partial charge is 0.243 e. The van der Waals surface area contributed by atoms with Crippen molar-refractivity contribution in [3.8, 4) is 0 Å². The molecule has 1 atom stereocenters. The van der Waals surface area contributed by atoms with E-state index < -0.39 is 11.4 Å². The maximum Gasteiger partial charge on any atom is 0.243 e. The fraction of sp³-hybridized carbons (Fsp3) is 0.167. The van der Waals surface area contributed by atoms with E-state index in [1.807, 2.05) is 35.7 Å². The molecule has 4 nitrogen and oxygen atoms in total. The molecule has 0 aliphatic carbocycles. The van der Waals surface area contributed by atoms with Gasteiger partial charge in [-0.3, -0.25) is 4.79 Å². The Hall–Kier alpha value is -1.37. The number of amides is 1. The highest BCUT2D eigenvalue weighted by Crippen LogP contribution is 2.28. The van der Waals surface area contributed by atoms with Gasteiger partial charge in [-0.15, -0.1) is 11.3 Å². The number of rotatable bonds is 5. The van der Waals surface area contributed by atoms with E-state index in [4.69, 9.17) is 11.5 Å². The second-order valence-electron chi connectivity index (χ2n) is 3.79. The highest BCUT2D eigenvalue weighted by Gasteiger charge is 2.34. The van der Waals surface area contributed by atoms with Crippen molar-refractivity contribution in [1.82, 2.24) is 4.98 Å². The quantitative estimate of drug-likeness (QED) is 0.814. The van der Waals surface area contributed by atoms with Gasteiger partial charge in [-0.2, -0.15) is 0 Å². The summed E-state index contributed by atoms with van der Waals surface area (Å²) in [6, 6.07) is 9.18. The van der Waals surface area contributed by atoms with E-state index in [1.165, 1.54) is 23.1 Å². The molecule has 0 saturated carbocycles. The van der Waals surface area contributed by atoms with Crippen LogP contribution < -0.4 is 11.5 Å². The number of hydrogen-bond acceptors (Lipinski definition) is 5. The molecular formula is C12H13N3OS2. The van der Waals surface area contributed by atoms with Gasteiger partial charge in [0.05, 0.1) is 0 Å². The summed E-state index contributed by atoms with van der Waals surface area (Å²) in [7, 11) is 0. The van der Waals surface area contributed by atoms with Crippen molar-refractivity contribution in [1.29, 1.82) is 0 Å². The number of carbonyl (C=O) groups excluding carboxylic acids is 1. The van der Waals surface area contributed by atoms with Gasteiger partial charge in [0.15, 0.2) is 0 Å². The average molecular weight is 279 g/mol. The number of carbonyl (C=O) groups is 1. The summed E-state index contributed by atoms with van der Waals surface area (Å²) in [5, 5.41) is 1.88. The fourth-order valence-electron chi connectivity index (χ4n) is 1.49. The van der Waals surface area contributed by atoms with Gasteiger partial charge in [-0.25, -0.2) is 4.98 Å². The van der Waals surface area contributed by atoms with Gasteiger partial charge < -0.3 is 11.5 Å². The number of hydrogen-bond donors (Lipinski definition) is 2. The number of nitrogens with zero attached hydrogens (tertiary/aromatic N) is 1. The molecular weight excluding hydrogens is 266 g/mol. The fourth-order valence-corrected chi connectivity index (χ4v) is 3.26. The van der Waals surface area contributed by atoms with Crippen molar-refractivity contribution < 1.29 is 4.79 Å². The van der Waals surface area contributed by atoms with E-state index in [0.29, 0.717) is 5.75 Å². The summed E-state index contributed by atoms with van der Waals surface area (Å²) in [5.74, 6) is -0.155. The number of primary amides is 1. The first-order valence-corrected chi connectivity index (χ1v) is 7.16. The molecule has 1 amide bonds. The lowest BCUT2D eigenvalue weighted by molar-refractivity contribution is -0.122. The zero-order valence-corrected chi connectivity index (χ0v) is 11.2. The zero-order chi connectivity index (χ0) is 13.0. The lowest BCUT2D eigenvalue weighted by atomic mass is 9.92. The van der Waals surface area contributed by atoms with E-state index >= 15 is 0 Å². The van der Waals surface area contributed by atoms with Crippen LogP contribution in [0.2, 0.25) is 0 Å². The topological polar surface area (TPSA) is 82.0 Å². The maximum atomic E-state index is 11.6. The Morgan fingerprint density at radius 2 is 2.11 bits per heavy atom. The van der Waals surface area contributed by atoms with Crippen LogP contribution in [0.25, 0.3) is 0 Å². The van der Waals surface area contributed by atoms with Crippen molar-refractivity contribution in [2.75, 3.05) is 5.75 Å². The molecule has 0 spiro atoms. The van der Waals surface area contributed by atoms with Crippen LogP contribution in [0.15, 0.2) is 46.2 Å². The lowest BCUT2D eigenvalue weighted by Gasteiger charge is -2.25. The van der Waals surface area contributed by atoms with E-state index in [2.05, 4.69) is 4.98 Å². The van der Waals surface area contributed by atoms with Crippen molar-refractivity contribution in [2.24, 2.45) is 11.5 Å². The van der Waals surface area contributed by atoms with E-state index in [-0.39, 0.29) is 0 Å². The highest BCUT2D eigenvalue weighted by molar-refractivity contribution is 8.01. The molecule has 6 heteroatoms. The second kappa shape index (κ2) is 5.51. The molecule has 1 heterocycles. The standard InChI is InChI=1S/C12H13N3OS2/c13-10(16)12(14,9-4-2-1-3-5-9)8-18-11-15-6-7-17-11/h1-7H,8,14H2,(H2,13,16). The average Bonchev–Trinajstić information content (AvgIpc) is 2.90. The molecule has 0 radical (unpaired) electrons. The van der Waals surface area contributed by atoms with Gasteiger partial charge in [-0.05, 0) is 5.56 Å². The van der Waals surface area contributed by atoms with Gasteiger partial charge in [-0.1, -0.05) is 42.1 Å². The van der Waals surface area contributed by atoms with Crippen LogP contribution in [-0.2, 0) is 10.3 Å². The Bertz CT molecular complexity index is 515. The van der Waals surface area contributed by atoms with Crippen molar-refractivity contribution in [3.05, 3.63) is 47.5 Å². The predicted molar refractivity (Wildman–Crippen MR) is 74.3 cm³/mol. The molecule has 0 aliphatic rings. The van der Waals surface area contributed by atoms with Crippen LogP contribution in [0.3, 0.4) is 0 Å². The van der Waals surface area contributed by atoms with Crippen LogP contribution in [-0.4, -0.2) is 16.6 Å². The summed E-state index contributed by atoms with van der Waals surface area (Å²) in [6.45, 7) is 0. The molecule has 4 N–H and O–H groups in total. The molecule has 94 valence electrons. The van der Waals surface area contributed by atoms with Gasteiger partial charge in [0, 0.05) is 17.3 Å². The van der Waals surface area contributed by atoms with Gasteiger partial charge in [0.1, 0.15) is 9.88 Å². The molecule has 2 rings (SSSR count). The first-order chi connectivity index (χ1) is 8.63. The summed E-state index contributed by atoms with van der Waals surface area (Å²) in [6.07, 6.45) is 1.72. The number of benzene rings is 1. The Kier molecular flexibility index (Phi) is 4.00. The molecule has 2 aromatic rings. The molecule has 18 heavy (non-hydrogen) atoms. The van der Waals surface area contributed by atoms with Crippen LogP contribution in [0.5, 0.6) is 0 Å². The van der Waals surface area contributed by atoms with Crippen molar-refractivity contribution in [3.63, 3.8) is 0 Å². The molecule has 0 fully saturated rings. The van der Waals surface area contributed by atoms with Gasteiger partial charge in [0.25, 0.3) is 0 Å². The normalized spacial score (nSPS) is 14.1. The molecule has 0 bridgehead atoms. The first-order valence-electron chi connectivity index (χ1n) is 5.29. The lowest BCUT2D eigenvalue weighted by Crippen LogP contribution is -2.51. The largest absolute Gasteiger partial charge is 0.368 e. The third-order valence-corrected chi connectivity index (χ3v) is 4.72. The number of aromatic nitrogens is 1. The van der Waals surface area contributed by atoms with Crippen molar-refractivity contribution in [2.45, 2.75) is 9.88 Å². The summed E-state index contributed by atoms with van der Waals surface area (Å²) in [4.78, 5) is 15.8. The summed E-state index contributed by atoms with van der Waals surface area (Å²) < 4.78 is 0.877. The minimum atomic E-state index is -1.17. The third kappa shape index (κ3) is 2.72. The monoisotopic (exact) mass is 279 g/mol. The number of thioether (sulfide) groups is 1. The van der Waals surface area contributed by atoms with E-state index in [1.54, 1.807) is 6.20 Å². The van der Waals surface area contributed by atoms with E-state index in [9.17, 15) is 4.79 Å². The summed E-state index contributed by atoms with van der Waals surface area (Å²) in [5.41, 5.74) is 11.2. The Labute approximate surface area is 113 Å². The van der Waals surface area contributed by atoms with Crippen LogP contribution in [0, 0.1) is 0 Å². The summed E-state index contributed by atoms with van der Waals surface area (Å²) >= 11 is 2.95. The first kappa shape index (κ1) is 13.1. The number of thiazole rings is 1. The Morgan fingerprint density at radius 1 is 1.39 bits per heavy atom. The molecule has 1 aromatic carbocycles. The zero-order valence-electron chi connectivity index (χ0n) is 9.58. The highest BCUT2D eigenvalue weighted by atomic mass is 32.2. The molecule has 0 aliphatic heterocycles. The second-order valence-corrected chi connectivity index (χ2v) is 5.91. The molecule has 0 saturated heterocycles. The Balaban J connectivity index is 2.20. The minimum Gasteiger partial charge on any atom is -0.368 e. The SMILES string of the molecule is NC(=O)C(N)(CSc1nccs1)c1ccccc1. The maximum absolute atomic E-state index is 11.6. The molecule has 1 unspecified atom stereocenters. The third-order valence-electron chi connectivity index (χ3n) is 2.56. The number of nitrogens with two attached hydrogens (primary N) is 2. The van der Waals surface area contributed by atoms with Gasteiger partial charge >= 0.3 is 0 Å². The Morgan fingerprint density at radius 3 is 2.67 bits per heavy atom. The van der Waals surface area contributed by atoms with E-state index in [0.717, 1.165) is 9.90 Å². The molecule has 1 aromatic heterocycles. The van der Waals surface area contributed by atoms with Crippen LogP contribution in [0.1, 0.15) is 5.56 Å². The minimum absolute atomic E-state index is 0.375. The van der Waals surface area contributed by atoms with Crippen LogP contribution in [0.4, 0.5) is 0 Å². The van der Waals surface area contributed by atoms with Crippen LogP contribution >= 0.6 is 23.1 Å². The van der Waals surface area contributed by atoms with Crippen molar-refractivity contribution >= 4 is 29.0 Å². The predicted octanol–water partition coefficient (Wildman–Crippen LogP) is 1.57.